The van der Waals surface area contributed by atoms with E-state index in [0.717, 1.165) is 5.56 Å². The molecule has 1 saturated heterocycles. The molecule has 2 aromatic heterocycles. The number of carbonyl (C=O) groups excluding carboxylic acids is 1. The molecule has 6 heteroatoms. The highest BCUT2D eigenvalue weighted by Crippen LogP contribution is 2.27. The van der Waals surface area contributed by atoms with Crippen molar-refractivity contribution in [3.05, 3.63) is 77.7 Å². The number of benzene rings is 1. The number of carbonyl (C=O) groups is 1. The monoisotopic (exact) mass is 320 g/mol. The van der Waals surface area contributed by atoms with Crippen molar-refractivity contribution in [2.24, 2.45) is 0 Å². The van der Waals surface area contributed by atoms with E-state index < -0.39 is 0 Å². The molecule has 1 fully saturated rings. The summed E-state index contributed by atoms with van der Waals surface area (Å²) in [6, 6.07) is 13.5. The molecular formula is C18H16N4O2. The first-order valence-electron chi connectivity index (χ1n) is 7.85. The second kappa shape index (κ2) is 6.23. The van der Waals surface area contributed by atoms with Crippen LogP contribution in [0.5, 0.6) is 0 Å². The van der Waals surface area contributed by atoms with E-state index in [1.165, 1.54) is 0 Å². The summed E-state index contributed by atoms with van der Waals surface area (Å²) in [5.41, 5.74) is 1.80. The second-order valence-electron chi connectivity index (χ2n) is 5.85. The number of amides is 1. The first kappa shape index (κ1) is 14.6. The van der Waals surface area contributed by atoms with Crippen molar-refractivity contribution in [3.8, 4) is 0 Å². The van der Waals surface area contributed by atoms with Gasteiger partial charge in [0.15, 0.2) is 5.82 Å². The molecule has 0 saturated carbocycles. The molecule has 0 N–H and O–H groups in total. The maximum atomic E-state index is 12.3. The van der Waals surface area contributed by atoms with E-state index >= 15 is 0 Å². The summed E-state index contributed by atoms with van der Waals surface area (Å²) in [5, 5.41) is 4.04. The fourth-order valence-electron chi connectivity index (χ4n) is 2.76. The van der Waals surface area contributed by atoms with Crippen molar-refractivity contribution >= 4 is 5.91 Å². The van der Waals surface area contributed by atoms with E-state index in [1.807, 2.05) is 30.3 Å². The molecule has 0 radical (unpaired) electrons. The molecule has 3 aromatic rings. The van der Waals surface area contributed by atoms with Crippen LogP contribution in [0.4, 0.5) is 0 Å². The molecule has 1 amide bonds. The van der Waals surface area contributed by atoms with Crippen LogP contribution in [0.1, 0.15) is 33.6 Å². The average Bonchev–Trinajstić information content (AvgIpc) is 3.03. The van der Waals surface area contributed by atoms with Crippen LogP contribution in [0.25, 0.3) is 0 Å². The summed E-state index contributed by atoms with van der Waals surface area (Å²) < 4.78 is 5.37. The summed E-state index contributed by atoms with van der Waals surface area (Å²) in [6.07, 6.45) is 3.90. The van der Waals surface area contributed by atoms with Crippen LogP contribution < -0.4 is 0 Å². The average molecular weight is 320 g/mol. The van der Waals surface area contributed by atoms with E-state index in [4.69, 9.17) is 4.52 Å². The van der Waals surface area contributed by atoms with E-state index in [1.54, 1.807) is 29.4 Å². The Bertz CT molecular complexity index is 826. The second-order valence-corrected chi connectivity index (χ2v) is 5.85. The Morgan fingerprint density at radius 3 is 2.62 bits per heavy atom. The summed E-state index contributed by atoms with van der Waals surface area (Å²) in [4.78, 5) is 22.5. The van der Waals surface area contributed by atoms with Gasteiger partial charge < -0.3 is 9.42 Å². The summed E-state index contributed by atoms with van der Waals surface area (Å²) in [5.74, 6) is 1.42. The lowest BCUT2D eigenvalue weighted by atomic mass is 9.99. The van der Waals surface area contributed by atoms with Gasteiger partial charge in [-0.1, -0.05) is 35.5 Å². The number of aromatic nitrogens is 3. The Hall–Kier alpha value is -3.02. The van der Waals surface area contributed by atoms with Crippen LogP contribution in [-0.4, -0.2) is 39.0 Å². The standard InChI is InChI=1S/C18H16N4O2/c23-18(14-6-8-19-9-7-14)22-11-15(12-22)17-20-16(21-24-17)10-13-4-2-1-3-5-13/h1-9,15H,10-12H2. The lowest BCUT2D eigenvalue weighted by Crippen LogP contribution is -2.48. The van der Waals surface area contributed by atoms with Crippen molar-refractivity contribution < 1.29 is 9.32 Å². The van der Waals surface area contributed by atoms with Crippen molar-refractivity contribution in [1.29, 1.82) is 0 Å². The Morgan fingerprint density at radius 1 is 1.12 bits per heavy atom. The van der Waals surface area contributed by atoms with Crippen LogP contribution in [0.3, 0.4) is 0 Å². The predicted molar refractivity (Wildman–Crippen MR) is 86.4 cm³/mol. The van der Waals surface area contributed by atoms with Crippen molar-refractivity contribution in [1.82, 2.24) is 20.0 Å². The van der Waals surface area contributed by atoms with Crippen LogP contribution in [0.15, 0.2) is 59.4 Å². The number of hydrogen-bond acceptors (Lipinski definition) is 5. The van der Waals surface area contributed by atoms with Gasteiger partial charge >= 0.3 is 0 Å². The number of rotatable bonds is 4. The maximum absolute atomic E-state index is 12.3. The van der Waals surface area contributed by atoms with Crippen molar-refractivity contribution in [2.75, 3.05) is 13.1 Å². The van der Waals surface area contributed by atoms with Gasteiger partial charge in [-0.05, 0) is 17.7 Å². The molecule has 1 aliphatic rings. The molecule has 0 bridgehead atoms. The first-order chi connectivity index (χ1) is 11.8. The number of likely N-dealkylation sites (tertiary alicyclic amines) is 1. The molecule has 0 spiro atoms. The first-order valence-corrected chi connectivity index (χ1v) is 7.85. The van der Waals surface area contributed by atoms with E-state index in [2.05, 4.69) is 15.1 Å². The quantitative estimate of drug-likeness (QED) is 0.737. The van der Waals surface area contributed by atoms with Gasteiger partial charge in [0, 0.05) is 37.5 Å². The highest BCUT2D eigenvalue weighted by Gasteiger charge is 2.35. The lowest BCUT2D eigenvalue weighted by molar-refractivity contribution is 0.0569. The number of hydrogen-bond donors (Lipinski definition) is 0. The smallest absolute Gasteiger partial charge is 0.254 e. The summed E-state index contributed by atoms with van der Waals surface area (Å²) in [7, 11) is 0. The van der Waals surface area contributed by atoms with E-state index in [9.17, 15) is 4.79 Å². The normalized spacial score (nSPS) is 14.4. The third-order valence-corrected chi connectivity index (χ3v) is 4.13. The van der Waals surface area contributed by atoms with Crippen LogP contribution in [-0.2, 0) is 6.42 Å². The van der Waals surface area contributed by atoms with Gasteiger partial charge in [-0.15, -0.1) is 0 Å². The zero-order valence-electron chi connectivity index (χ0n) is 13.0. The molecule has 120 valence electrons. The highest BCUT2D eigenvalue weighted by atomic mass is 16.5. The Kier molecular flexibility index (Phi) is 3.78. The molecule has 0 unspecified atom stereocenters. The zero-order chi connectivity index (χ0) is 16.4. The number of pyridine rings is 1. The minimum atomic E-state index is 0.0117. The SMILES string of the molecule is O=C(c1ccncc1)N1CC(c2nc(Cc3ccccc3)no2)C1. The van der Waals surface area contributed by atoms with Gasteiger partial charge in [-0.25, -0.2) is 0 Å². The molecule has 24 heavy (non-hydrogen) atoms. The van der Waals surface area contributed by atoms with Gasteiger partial charge in [-0.2, -0.15) is 4.98 Å². The minimum absolute atomic E-state index is 0.0117. The zero-order valence-corrected chi connectivity index (χ0v) is 13.0. The van der Waals surface area contributed by atoms with Gasteiger partial charge in [0.05, 0.1) is 5.92 Å². The largest absolute Gasteiger partial charge is 0.339 e. The fraction of sp³-hybridized carbons (Fsp3) is 0.222. The van der Waals surface area contributed by atoms with Crippen LogP contribution in [0, 0.1) is 0 Å². The molecule has 4 rings (SSSR count). The summed E-state index contributed by atoms with van der Waals surface area (Å²) in [6.45, 7) is 1.21. The lowest BCUT2D eigenvalue weighted by Gasteiger charge is -2.37. The van der Waals surface area contributed by atoms with Gasteiger partial charge in [-0.3, -0.25) is 9.78 Å². The Morgan fingerprint density at radius 2 is 1.88 bits per heavy atom. The third kappa shape index (κ3) is 2.90. The number of nitrogens with zero attached hydrogens (tertiary/aromatic N) is 4. The third-order valence-electron chi connectivity index (χ3n) is 4.13. The van der Waals surface area contributed by atoms with Crippen LogP contribution in [0.2, 0.25) is 0 Å². The molecule has 1 aromatic carbocycles. The fourth-order valence-corrected chi connectivity index (χ4v) is 2.76. The van der Waals surface area contributed by atoms with Crippen molar-refractivity contribution in [2.45, 2.75) is 12.3 Å². The molecule has 6 nitrogen and oxygen atoms in total. The van der Waals surface area contributed by atoms with Crippen molar-refractivity contribution in [3.63, 3.8) is 0 Å². The Balaban J connectivity index is 1.37. The minimum Gasteiger partial charge on any atom is -0.339 e. The molecule has 0 aliphatic carbocycles. The summed E-state index contributed by atoms with van der Waals surface area (Å²) >= 11 is 0. The topological polar surface area (TPSA) is 72.1 Å². The highest BCUT2D eigenvalue weighted by molar-refractivity contribution is 5.94. The van der Waals surface area contributed by atoms with Crippen LogP contribution >= 0.6 is 0 Å². The Labute approximate surface area is 139 Å². The van der Waals surface area contributed by atoms with Gasteiger partial charge in [0.25, 0.3) is 5.91 Å². The van der Waals surface area contributed by atoms with E-state index in [-0.39, 0.29) is 11.8 Å². The van der Waals surface area contributed by atoms with Gasteiger partial charge in [0.1, 0.15) is 0 Å². The molecule has 0 atom stereocenters. The molecule has 3 heterocycles. The molecular weight excluding hydrogens is 304 g/mol. The van der Waals surface area contributed by atoms with E-state index in [0.29, 0.717) is 36.8 Å². The molecule has 1 aliphatic heterocycles. The maximum Gasteiger partial charge on any atom is 0.254 e. The predicted octanol–water partition coefficient (Wildman–Crippen LogP) is 2.29. The van der Waals surface area contributed by atoms with Gasteiger partial charge in [0.2, 0.25) is 5.89 Å².